The fourth-order valence-corrected chi connectivity index (χ4v) is 2.93. The van der Waals surface area contributed by atoms with Gasteiger partial charge in [-0.05, 0) is 67.1 Å². The third-order valence-corrected chi connectivity index (χ3v) is 4.36. The second-order valence-corrected chi connectivity index (χ2v) is 6.94. The van der Waals surface area contributed by atoms with E-state index in [9.17, 15) is 9.59 Å². The maximum absolute atomic E-state index is 12.1. The zero-order valence-corrected chi connectivity index (χ0v) is 16.7. The van der Waals surface area contributed by atoms with Crippen molar-refractivity contribution in [3.63, 3.8) is 0 Å². The summed E-state index contributed by atoms with van der Waals surface area (Å²) in [7, 11) is 0. The van der Waals surface area contributed by atoms with Crippen LogP contribution in [0.1, 0.15) is 15.9 Å². The van der Waals surface area contributed by atoms with Crippen LogP contribution in [-0.4, -0.2) is 18.5 Å². The number of halogens is 1. The topological polar surface area (TPSA) is 64.6 Å². The van der Waals surface area contributed by atoms with Crippen LogP contribution in [-0.2, 0) is 9.53 Å². The molecule has 142 valence electrons. The van der Waals surface area contributed by atoms with E-state index in [2.05, 4.69) is 21.2 Å². The Hall–Kier alpha value is -3.12. The quantitative estimate of drug-likeness (QED) is 0.526. The van der Waals surface area contributed by atoms with Crippen LogP contribution in [0.15, 0.2) is 77.3 Å². The maximum Gasteiger partial charge on any atom is 0.338 e. The Balaban J connectivity index is 1.52. The molecule has 0 aliphatic rings. The Morgan fingerprint density at radius 3 is 2.29 bits per heavy atom. The number of rotatable bonds is 6. The highest BCUT2D eigenvalue weighted by molar-refractivity contribution is 9.10. The number of ether oxygens (including phenoxy) is 2. The first-order valence-corrected chi connectivity index (χ1v) is 9.36. The van der Waals surface area contributed by atoms with Gasteiger partial charge in [0.15, 0.2) is 6.61 Å². The second kappa shape index (κ2) is 9.19. The van der Waals surface area contributed by atoms with Crippen molar-refractivity contribution in [2.45, 2.75) is 6.92 Å². The average Bonchev–Trinajstić information content (AvgIpc) is 2.70. The molecule has 0 atom stereocenters. The molecule has 0 spiro atoms. The van der Waals surface area contributed by atoms with Crippen LogP contribution < -0.4 is 10.1 Å². The minimum Gasteiger partial charge on any atom is -0.457 e. The van der Waals surface area contributed by atoms with E-state index in [4.69, 9.17) is 9.47 Å². The third-order valence-electron chi connectivity index (χ3n) is 3.87. The van der Waals surface area contributed by atoms with Crippen LogP contribution in [0.4, 0.5) is 5.69 Å². The van der Waals surface area contributed by atoms with Gasteiger partial charge < -0.3 is 14.8 Å². The highest BCUT2D eigenvalue weighted by Crippen LogP contribution is 2.22. The molecule has 0 aromatic heterocycles. The highest BCUT2D eigenvalue weighted by atomic mass is 79.9. The van der Waals surface area contributed by atoms with E-state index in [1.807, 2.05) is 49.4 Å². The SMILES string of the molecule is Cc1cc(Br)ccc1NC(=O)COC(=O)c1ccc(Oc2ccccc2)cc1. The Kier molecular flexibility index (Phi) is 6.45. The molecule has 0 saturated heterocycles. The average molecular weight is 440 g/mol. The zero-order valence-electron chi connectivity index (χ0n) is 15.1. The molecule has 5 nitrogen and oxygen atoms in total. The van der Waals surface area contributed by atoms with Crippen molar-refractivity contribution in [1.82, 2.24) is 0 Å². The summed E-state index contributed by atoms with van der Waals surface area (Å²) in [6.07, 6.45) is 0. The molecule has 0 bridgehead atoms. The molecular formula is C22H18BrNO4. The molecule has 3 rings (SSSR count). The smallest absolute Gasteiger partial charge is 0.338 e. The van der Waals surface area contributed by atoms with E-state index >= 15 is 0 Å². The minimum atomic E-state index is -0.575. The standard InChI is InChI=1S/C22H18BrNO4/c1-15-13-17(23)9-12-20(15)24-21(25)14-27-22(26)16-7-10-19(11-8-16)28-18-5-3-2-4-6-18/h2-13H,14H2,1H3,(H,24,25). The van der Waals surface area contributed by atoms with Gasteiger partial charge in [-0.3, -0.25) is 4.79 Å². The molecule has 0 aliphatic heterocycles. The Labute approximate surface area is 171 Å². The molecule has 0 aliphatic carbocycles. The normalized spacial score (nSPS) is 10.2. The lowest BCUT2D eigenvalue weighted by molar-refractivity contribution is -0.119. The Morgan fingerprint density at radius 1 is 0.929 bits per heavy atom. The van der Waals surface area contributed by atoms with Crippen molar-refractivity contribution in [2.75, 3.05) is 11.9 Å². The highest BCUT2D eigenvalue weighted by Gasteiger charge is 2.11. The summed E-state index contributed by atoms with van der Waals surface area (Å²) in [4.78, 5) is 24.2. The molecule has 3 aromatic carbocycles. The van der Waals surface area contributed by atoms with Gasteiger partial charge in [0.1, 0.15) is 11.5 Å². The third kappa shape index (κ3) is 5.44. The first-order chi connectivity index (χ1) is 13.5. The van der Waals surface area contributed by atoms with Crippen molar-refractivity contribution in [3.8, 4) is 11.5 Å². The molecule has 0 fully saturated rings. The number of anilines is 1. The number of hydrogen-bond acceptors (Lipinski definition) is 4. The number of benzene rings is 3. The van der Waals surface area contributed by atoms with Crippen molar-refractivity contribution in [2.24, 2.45) is 0 Å². The van der Waals surface area contributed by atoms with Crippen molar-refractivity contribution in [3.05, 3.63) is 88.4 Å². The number of esters is 1. The Bertz CT molecular complexity index is 972. The molecule has 1 amide bonds. The summed E-state index contributed by atoms with van der Waals surface area (Å²) in [6.45, 7) is 1.52. The fourth-order valence-electron chi connectivity index (χ4n) is 2.45. The number of carbonyl (C=O) groups is 2. The maximum atomic E-state index is 12.1. The van der Waals surface area contributed by atoms with E-state index < -0.39 is 11.9 Å². The molecule has 28 heavy (non-hydrogen) atoms. The monoisotopic (exact) mass is 439 g/mol. The molecule has 3 aromatic rings. The summed E-state index contributed by atoms with van der Waals surface area (Å²) in [5, 5.41) is 2.72. The molecule has 1 N–H and O–H groups in total. The lowest BCUT2D eigenvalue weighted by Gasteiger charge is -2.10. The molecule has 6 heteroatoms. The van der Waals surface area contributed by atoms with Gasteiger partial charge in [-0.15, -0.1) is 0 Å². The summed E-state index contributed by atoms with van der Waals surface area (Å²) < 4.78 is 11.7. The van der Waals surface area contributed by atoms with Crippen LogP contribution >= 0.6 is 15.9 Å². The number of para-hydroxylation sites is 1. The molecule has 0 saturated carbocycles. The van der Waals surface area contributed by atoms with Crippen molar-refractivity contribution in [1.29, 1.82) is 0 Å². The predicted molar refractivity (Wildman–Crippen MR) is 111 cm³/mol. The lowest BCUT2D eigenvalue weighted by atomic mass is 10.2. The van der Waals surface area contributed by atoms with Gasteiger partial charge in [0.25, 0.3) is 5.91 Å². The van der Waals surface area contributed by atoms with E-state index in [0.29, 0.717) is 22.7 Å². The summed E-state index contributed by atoms with van der Waals surface area (Å²) in [5.41, 5.74) is 1.92. The van der Waals surface area contributed by atoms with Crippen molar-refractivity contribution < 1.29 is 19.1 Å². The second-order valence-electron chi connectivity index (χ2n) is 6.02. The number of nitrogens with one attached hydrogen (secondary N) is 1. The summed E-state index contributed by atoms with van der Waals surface area (Å²) >= 11 is 3.37. The molecule has 0 unspecified atom stereocenters. The minimum absolute atomic E-state index is 0.341. The van der Waals surface area contributed by atoms with Gasteiger partial charge in [-0.1, -0.05) is 34.1 Å². The fraction of sp³-hybridized carbons (Fsp3) is 0.0909. The molecule has 0 radical (unpaired) electrons. The van der Waals surface area contributed by atoms with Gasteiger partial charge in [0, 0.05) is 10.2 Å². The van der Waals surface area contributed by atoms with Crippen molar-refractivity contribution >= 4 is 33.5 Å². The Morgan fingerprint density at radius 2 is 1.61 bits per heavy atom. The van der Waals surface area contributed by atoms with Gasteiger partial charge in [0.05, 0.1) is 5.56 Å². The lowest BCUT2D eigenvalue weighted by Crippen LogP contribution is -2.21. The number of hydrogen-bond donors (Lipinski definition) is 1. The number of aryl methyl sites for hydroxylation is 1. The number of amides is 1. The van der Waals surface area contributed by atoms with Gasteiger partial charge in [-0.2, -0.15) is 0 Å². The van der Waals surface area contributed by atoms with Crippen LogP contribution in [0, 0.1) is 6.92 Å². The largest absolute Gasteiger partial charge is 0.457 e. The van der Waals surface area contributed by atoms with E-state index in [0.717, 1.165) is 10.0 Å². The predicted octanol–water partition coefficient (Wildman–Crippen LogP) is 5.35. The van der Waals surface area contributed by atoms with Gasteiger partial charge >= 0.3 is 5.97 Å². The van der Waals surface area contributed by atoms with Gasteiger partial charge in [-0.25, -0.2) is 4.79 Å². The van der Waals surface area contributed by atoms with E-state index in [1.54, 1.807) is 30.3 Å². The first-order valence-electron chi connectivity index (χ1n) is 8.57. The first kappa shape index (κ1) is 19.6. The summed E-state index contributed by atoms with van der Waals surface area (Å²) in [5.74, 6) is 0.334. The van der Waals surface area contributed by atoms with Gasteiger partial charge in [0.2, 0.25) is 0 Å². The van der Waals surface area contributed by atoms with E-state index in [1.165, 1.54) is 0 Å². The van der Waals surface area contributed by atoms with Crippen LogP contribution in [0.5, 0.6) is 11.5 Å². The summed E-state index contributed by atoms with van der Waals surface area (Å²) in [6, 6.07) is 21.4. The van der Waals surface area contributed by atoms with Crippen LogP contribution in [0.3, 0.4) is 0 Å². The van der Waals surface area contributed by atoms with Crippen LogP contribution in [0.25, 0.3) is 0 Å². The molecule has 0 heterocycles. The van der Waals surface area contributed by atoms with Crippen LogP contribution in [0.2, 0.25) is 0 Å². The number of carbonyl (C=O) groups excluding carboxylic acids is 2. The zero-order chi connectivity index (χ0) is 19.9. The van der Waals surface area contributed by atoms with E-state index in [-0.39, 0.29) is 6.61 Å². The molecular weight excluding hydrogens is 422 g/mol.